The Morgan fingerprint density at radius 3 is 2.57 bits per heavy atom. The minimum absolute atomic E-state index is 0.00852. The number of hydrogen-bond donors (Lipinski definition) is 1. The molecular weight excluding hydrogens is 263 g/mol. The van der Waals surface area contributed by atoms with E-state index in [1.807, 2.05) is 24.3 Å². The molecule has 3 heteroatoms. The molecule has 0 saturated carbocycles. The van der Waals surface area contributed by atoms with Gasteiger partial charge in [-0.1, -0.05) is 43.3 Å². The summed E-state index contributed by atoms with van der Waals surface area (Å²) in [6, 6.07) is 16.8. The summed E-state index contributed by atoms with van der Waals surface area (Å²) in [7, 11) is 0. The topological polar surface area (TPSA) is 24.9 Å². The second kappa shape index (κ2) is 6.02. The molecule has 2 aromatic carbocycles. The first-order valence-electron chi connectivity index (χ1n) is 7.12. The highest BCUT2D eigenvalue weighted by Gasteiger charge is 2.16. The first kappa shape index (κ1) is 13.7. The molecule has 0 aliphatic heterocycles. The maximum atomic E-state index is 13.2. The minimum Gasteiger partial charge on any atom is -0.306 e. The molecule has 1 N–H and O–H groups in total. The summed E-state index contributed by atoms with van der Waals surface area (Å²) in [5.74, 6) is -0.218. The van der Waals surface area contributed by atoms with Crippen LogP contribution in [0.5, 0.6) is 0 Å². The number of benzene rings is 2. The van der Waals surface area contributed by atoms with E-state index in [1.165, 1.54) is 12.1 Å². The number of para-hydroxylation sites is 1. The van der Waals surface area contributed by atoms with E-state index in [0.29, 0.717) is 0 Å². The normalized spacial score (nSPS) is 12.5. The quantitative estimate of drug-likeness (QED) is 0.779. The zero-order chi connectivity index (χ0) is 14.7. The van der Waals surface area contributed by atoms with Crippen molar-refractivity contribution in [3.8, 4) is 0 Å². The average Bonchev–Trinajstić information content (AvgIpc) is 2.53. The largest absolute Gasteiger partial charge is 0.306 e. The van der Waals surface area contributed by atoms with Gasteiger partial charge in [-0.3, -0.25) is 4.98 Å². The molecule has 1 unspecified atom stereocenters. The van der Waals surface area contributed by atoms with Crippen LogP contribution in [0.15, 0.2) is 60.8 Å². The van der Waals surface area contributed by atoms with Crippen molar-refractivity contribution in [2.24, 2.45) is 0 Å². The fraction of sp³-hybridized carbons (Fsp3) is 0.167. The van der Waals surface area contributed by atoms with Crippen LogP contribution in [0.3, 0.4) is 0 Å². The molecule has 3 rings (SSSR count). The lowest BCUT2D eigenvalue weighted by Crippen LogP contribution is -2.22. The predicted molar refractivity (Wildman–Crippen MR) is 83.7 cm³/mol. The number of halogens is 1. The number of pyridine rings is 1. The Kier molecular flexibility index (Phi) is 3.93. The summed E-state index contributed by atoms with van der Waals surface area (Å²) < 4.78 is 13.2. The van der Waals surface area contributed by atoms with Gasteiger partial charge in [-0.2, -0.15) is 0 Å². The summed E-state index contributed by atoms with van der Waals surface area (Å²) in [4.78, 5) is 4.51. The van der Waals surface area contributed by atoms with Gasteiger partial charge < -0.3 is 5.32 Å². The molecule has 0 saturated heterocycles. The van der Waals surface area contributed by atoms with Gasteiger partial charge in [-0.05, 0) is 35.9 Å². The molecule has 106 valence electrons. The van der Waals surface area contributed by atoms with Crippen molar-refractivity contribution < 1.29 is 4.39 Å². The molecule has 0 fully saturated rings. The number of nitrogens with zero attached hydrogens (tertiary/aromatic N) is 1. The van der Waals surface area contributed by atoms with Crippen LogP contribution in [0, 0.1) is 5.82 Å². The van der Waals surface area contributed by atoms with Crippen molar-refractivity contribution in [1.29, 1.82) is 0 Å². The van der Waals surface area contributed by atoms with Crippen molar-refractivity contribution in [3.63, 3.8) is 0 Å². The molecule has 0 aliphatic rings. The van der Waals surface area contributed by atoms with Crippen LogP contribution in [0.25, 0.3) is 10.9 Å². The lowest BCUT2D eigenvalue weighted by atomic mass is 9.96. The van der Waals surface area contributed by atoms with Crippen LogP contribution in [-0.2, 0) is 0 Å². The Balaban J connectivity index is 2.13. The Morgan fingerprint density at radius 2 is 1.81 bits per heavy atom. The van der Waals surface area contributed by atoms with Crippen molar-refractivity contribution in [2.75, 3.05) is 6.54 Å². The first-order chi connectivity index (χ1) is 10.3. The second-order valence-corrected chi connectivity index (χ2v) is 4.96. The maximum Gasteiger partial charge on any atom is 0.123 e. The summed E-state index contributed by atoms with van der Waals surface area (Å²) in [5, 5.41) is 4.58. The van der Waals surface area contributed by atoms with E-state index in [4.69, 9.17) is 0 Å². The zero-order valence-electron chi connectivity index (χ0n) is 11.9. The van der Waals surface area contributed by atoms with Gasteiger partial charge in [0.25, 0.3) is 0 Å². The van der Waals surface area contributed by atoms with Gasteiger partial charge in [0, 0.05) is 11.6 Å². The number of aromatic nitrogens is 1. The lowest BCUT2D eigenvalue weighted by molar-refractivity contribution is 0.615. The Bertz CT molecular complexity index is 732. The third kappa shape index (κ3) is 2.78. The summed E-state index contributed by atoms with van der Waals surface area (Å²) in [6.07, 6.45) is 1.81. The standard InChI is InChI=1S/C18H17FN2/c1-2-20-17(14-8-10-15(19)11-9-14)16-7-3-5-13-6-4-12-21-18(13)16/h3-12,17,20H,2H2,1H3. The van der Waals surface area contributed by atoms with Gasteiger partial charge in [-0.25, -0.2) is 4.39 Å². The van der Waals surface area contributed by atoms with Crippen LogP contribution in [-0.4, -0.2) is 11.5 Å². The molecule has 1 aromatic heterocycles. The fourth-order valence-corrected chi connectivity index (χ4v) is 2.63. The van der Waals surface area contributed by atoms with E-state index < -0.39 is 0 Å². The van der Waals surface area contributed by atoms with Crippen molar-refractivity contribution in [2.45, 2.75) is 13.0 Å². The minimum atomic E-state index is -0.218. The van der Waals surface area contributed by atoms with Gasteiger partial charge >= 0.3 is 0 Å². The molecule has 0 amide bonds. The molecule has 0 aliphatic carbocycles. The van der Waals surface area contributed by atoms with E-state index >= 15 is 0 Å². The van der Waals surface area contributed by atoms with Gasteiger partial charge in [0.1, 0.15) is 5.82 Å². The molecule has 3 aromatic rings. The van der Waals surface area contributed by atoms with Gasteiger partial charge in [0.15, 0.2) is 0 Å². The SMILES string of the molecule is CCNC(c1ccc(F)cc1)c1cccc2cccnc12. The Morgan fingerprint density at radius 1 is 1.05 bits per heavy atom. The fourth-order valence-electron chi connectivity index (χ4n) is 2.63. The molecule has 0 spiro atoms. The molecule has 0 bridgehead atoms. The molecule has 1 atom stereocenters. The third-order valence-corrected chi connectivity index (χ3v) is 3.59. The third-order valence-electron chi connectivity index (χ3n) is 3.59. The van der Waals surface area contributed by atoms with E-state index in [9.17, 15) is 4.39 Å². The highest BCUT2D eigenvalue weighted by atomic mass is 19.1. The highest BCUT2D eigenvalue weighted by molar-refractivity contribution is 5.82. The van der Waals surface area contributed by atoms with E-state index in [1.54, 1.807) is 6.20 Å². The van der Waals surface area contributed by atoms with Gasteiger partial charge in [-0.15, -0.1) is 0 Å². The molecule has 1 heterocycles. The molecule has 0 radical (unpaired) electrons. The van der Waals surface area contributed by atoms with E-state index in [2.05, 4.69) is 35.4 Å². The van der Waals surface area contributed by atoms with Crippen molar-refractivity contribution in [1.82, 2.24) is 10.3 Å². The van der Waals surface area contributed by atoms with Crippen LogP contribution in [0.2, 0.25) is 0 Å². The molecule has 2 nitrogen and oxygen atoms in total. The Hall–Kier alpha value is -2.26. The molecular formula is C18H17FN2. The highest BCUT2D eigenvalue weighted by Crippen LogP contribution is 2.27. The summed E-state index contributed by atoms with van der Waals surface area (Å²) in [6.45, 7) is 2.89. The predicted octanol–water partition coefficient (Wildman–Crippen LogP) is 4.07. The summed E-state index contributed by atoms with van der Waals surface area (Å²) >= 11 is 0. The average molecular weight is 280 g/mol. The molecule has 21 heavy (non-hydrogen) atoms. The van der Waals surface area contributed by atoms with Crippen LogP contribution in [0.1, 0.15) is 24.1 Å². The first-order valence-corrected chi connectivity index (χ1v) is 7.12. The number of hydrogen-bond acceptors (Lipinski definition) is 2. The Labute approximate surface area is 123 Å². The number of fused-ring (bicyclic) bond motifs is 1. The summed E-state index contributed by atoms with van der Waals surface area (Å²) in [5.41, 5.74) is 3.13. The van der Waals surface area contributed by atoms with Crippen molar-refractivity contribution in [3.05, 3.63) is 77.7 Å². The van der Waals surface area contributed by atoms with Crippen LogP contribution in [0.4, 0.5) is 4.39 Å². The number of nitrogens with one attached hydrogen (secondary N) is 1. The van der Waals surface area contributed by atoms with Gasteiger partial charge in [0.2, 0.25) is 0 Å². The monoisotopic (exact) mass is 280 g/mol. The maximum absolute atomic E-state index is 13.2. The zero-order valence-corrected chi connectivity index (χ0v) is 11.9. The van der Waals surface area contributed by atoms with Crippen LogP contribution >= 0.6 is 0 Å². The second-order valence-electron chi connectivity index (χ2n) is 4.96. The van der Waals surface area contributed by atoms with E-state index in [0.717, 1.165) is 28.6 Å². The smallest absolute Gasteiger partial charge is 0.123 e. The lowest BCUT2D eigenvalue weighted by Gasteiger charge is -2.20. The van der Waals surface area contributed by atoms with Gasteiger partial charge in [0.05, 0.1) is 11.6 Å². The van der Waals surface area contributed by atoms with E-state index in [-0.39, 0.29) is 11.9 Å². The number of rotatable bonds is 4. The van der Waals surface area contributed by atoms with Crippen molar-refractivity contribution >= 4 is 10.9 Å². The van der Waals surface area contributed by atoms with Crippen LogP contribution < -0.4 is 5.32 Å².